The first-order valence-corrected chi connectivity index (χ1v) is 8.91. The quantitative estimate of drug-likeness (QED) is 0.825. The highest BCUT2D eigenvalue weighted by molar-refractivity contribution is 7.92. The topological polar surface area (TPSA) is 75.7 Å². The summed E-state index contributed by atoms with van der Waals surface area (Å²) in [5.41, 5.74) is 0.397. The molecule has 1 rings (SSSR count). The first-order chi connectivity index (χ1) is 10.1. The van der Waals surface area contributed by atoms with Crippen molar-refractivity contribution < 1.29 is 17.9 Å². The maximum atomic E-state index is 12.1. The van der Waals surface area contributed by atoms with E-state index >= 15 is 0 Å². The summed E-state index contributed by atoms with van der Waals surface area (Å²) in [5.74, 6) is 0.462. The second-order valence-electron chi connectivity index (χ2n) is 5.57. The summed E-state index contributed by atoms with van der Waals surface area (Å²) >= 11 is 0. The van der Waals surface area contributed by atoms with Crippen LogP contribution in [0.5, 0.6) is 5.75 Å². The van der Waals surface area contributed by atoms with Crippen LogP contribution in [0, 0.1) is 5.92 Å². The number of nitrogens with zero attached hydrogens (tertiary/aromatic N) is 1. The molecule has 1 amide bonds. The summed E-state index contributed by atoms with van der Waals surface area (Å²) in [6.07, 6.45) is 1.08. The molecule has 6 nitrogen and oxygen atoms in total. The van der Waals surface area contributed by atoms with Crippen LogP contribution < -0.4 is 14.4 Å². The van der Waals surface area contributed by atoms with E-state index in [4.69, 9.17) is 4.74 Å². The minimum atomic E-state index is -3.58. The fourth-order valence-electron chi connectivity index (χ4n) is 1.76. The number of nitrogens with one attached hydrogen (secondary N) is 1. The number of methoxy groups -OCH3 is 1. The molecule has 22 heavy (non-hydrogen) atoms. The Morgan fingerprint density at radius 1 is 1.32 bits per heavy atom. The largest absolute Gasteiger partial charge is 0.497 e. The molecule has 1 aromatic carbocycles. The van der Waals surface area contributed by atoms with Crippen LogP contribution in [0.25, 0.3) is 0 Å². The smallest absolute Gasteiger partial charge is 0.240 e. The van der Waals surface area contributed by atoms with Crippen molar-refractivity contribution in [3.8, 4) is 5.75 Å². The van der Waals surface area contributed by atoms with Crippen LogP contribution in [0.15, 0.2) is 24.3 Å². The fraction of sp³-hybridized carbons (Fsp3) is 0.533. The van der Waals surface area contributed by atoms with Crippen molar-refractivity contribution in [3.05, 3.63) is 24.3 Å². The fourth-order valence-corrected chi connectivity index (χ4v) is 2.61. The zero-order valence-electron chi connectivity index (χ0n) is 13.7. The van der Waals surface area contributed by atoms with Crippen molar-refractivity contribution >= 4 is 21.6 Å². The van der Waals surface area contributed by atoms with E-state index in [0.717, 1.165) is 10.6 Å². The number of amides is 1. The van der Waals surface area contributed by atoms with E-state index in [0.29, 0.717) is 11.4 Å². The molecule has 0 heterocycles. The number of benzene rings is 1. The highest BCUT2D eigenvalue weighted by atomic mass is 32.2. The van der Waals surface area contributed by atoms with E-state index in [1.165, 1.54) is 7.11 Å². The summed E-state index contributed by atoms with van der Waals surface area (Å²) in [6.45, 7) is 5.60. The molecular formula is C15H24N2O4S. The monoisotopic (exact) mass is 328 g/mol. The molecule has 1 atom stereocenters. The lowest BCUT2D eigenvalue weighted by molar-refractivity contribution is -0.120. The molecule has 0 saturated heterocycles. The predicted molar refractivity (Wildman–Crippen MR) is 87.6 cm³/mol. The van der Waals surface area contributed by atoms with E-state index in [1.54, 1.807) is 24.3 Å². The molecule has 1 N–H and O–H groups in total. The number of carbonyl (C=O) groups excluding carboxylic acids is 1. The van der Waals surface area contributed by atoms with Gasteiger partial charge in [0.1, 0.15) is 12.3 Å². The average Bonchev–Trinajstić information content (AvgIpc) is 2.43. The first-order valence-electron chi connectivity index (χ1n) is 7.06. The van der Waals surface area contributed by atoms with Gasteiger partial charge >= 0.3 is 0 Å². The summed E-state index contributed by atoms with van der Waals surface area (Å²) in [6, 6.07) is 6.58. The number of ether oxygens (including phenoxy) is 1. The number of hydrogen-bond acceptors (Lipinski definition) is 4. The Bertz CT molecular complexity index is 614. The van der Waals surface area contributed by atoms with Crippen LogP contribution >= 0.6 is 0 Å². The van der Waals surface area contributed by atoms with Crippen molar-refractivity contribution in [2.75, 3.05) is 24.2 Å². The highest BCUT2D eigenvalue weighted by Gasteiger charge is 2.22. The molecule has 0 radical (unpaired) electrons. The van der Waals surface area contributed by atoms with Crippen LogP contribution in [0.3, 0.4) is 0 Å². The van der Waals surface area contributed by atoms with E-state index in [1.807, 2.05) is 20.8 Å². The molecule has 0 unspecified atom stereocenters. The second kappa shape index (κ2) is 7.49. The number of anilines is 1. The molecule has 0 bridgehead atoms. The molecular weight excluding hydrogens is 304 g/mol. The third kappa shape index (κ3) is 5.22. The number of sulfonamides is 1. The molecule has 1 aromatic rings. The Labute approximate surface area is 132 Å². The van der Waals surface area contributed by atoms with Gasteiger partial charge in [-0.2, -0.15) is 0 Å². The van der Waals surface area contributed by atoms with E-state index < -0.39 is 10.0 Å². The van der Waals surface area contributed by atoms with Gasteiger partial charge in [-0.1, -0.05) is 19.9 Å². The lowest BCUT2D eigenvalue weighted by atomic mass is 10.1. The summed E-state index contributed by atoms with van der Waals surface area (Å²) in [7, 11) is -2.08. The van der Waals surface area contributed by atoms with Crippen molar-refractivity contribution in [1.29, 1.82) is 0 Å². The highest BCUT2D eigenvalue weighted by Crippen LogP contribution is 2.22. The van der Waals surface area contributed by atoms with Gasteiger partial charge in [-0.25, -0.2) is 8.42 Å². The number of carbonyl (C=O) groups is 1. The van der Waals surface area contributed by atoms with Gasteiger partial charge in [-0.15, -0.1) is 0 Å². The minimum absolute atomic E-state index is 0.0285. The van der Waals surface area contributed by atoms with Gasteiger partial charge in [0.15, 0.2) is 0 Å². The van der Waals surface area contributed by atoms with Gasteiger partial charge in [0, 0.05) is 12.1 Å². The van der Waals surface area contributed by atoms with Crippen molar-refractivity contribution in [3.63, 3.8) is 0 Å². The van der Waals surface area contributed by atoms with Gasteiger partial charge in [-0.3, -0.25) is 9.10 Å². The van der Waals surface area contributed by atoms with Gasteiger partial charge in [0.2, 0.25) is 15.9 Å². The SMILES string of the molecule is COc1cccc(N(CC(=O)N[C@@H](C)C(C)C)S(C)(=O)=O)c1. The molecule has 7 heteroatoms. The van der Waals surface area contributed by atoms with E-state index in [9.17, 15) is 13.2 Å². The Morgan fingerprint density at radius 3 is 2.45 bits per heavy atom. The zero-order valence-corrected chi connectivity index (χ0v) is 14.5. The van der Waals surface area contributed by atoms with Gasteiger partial charge in [-0.05, 0) is 25.0 Å². The molecule has 0 aliphatic rings. The third-order valence-electron chi connectivity index (χ3n) is 3.42. The summed E-state index contributed by atoms with van der Waals surface area (Å²) in [4.78, 5) is 12.1. The average molecular weight is 328 g/mol. The number of rotatable bonds is 7. The maximum Gasteiger partial charge on any atom is 0.240 e. The second-order valence-corrected chi connectivity index (χ2v) is 7.48. The molecule has 0 aliphatic carbocycles. The standard InChI is InChI=1S/C15H24N2O4S/c1-11(2)12(3)16-15(18)10-17(22(5,19)20)13-7-6-8-14(9-13)21-4/h6-9,11-12H,10H2,1-5H3,(H,16,18)/t12-/m0/s1. The normalized spacial score (nSPS) is 12.8. The van der Waals surface area contributed by atoms with Gasteiger partial charge < -0.3 is 10.1 Å². The Kier molecular flexibility index (Phi) is 6.22. The van der Waals surface area contributed by atoms with Crippen LogP contribution in [0.4, 0.5) is 5.69 Å². The van der Waals surface area contributed by atoms with Crippen LogP contribution in [-0.2, 0) is 14.8 Å². The van der Waals surface area contributed by atoms with Crippen LogP contribution in [0.2, 0.25) is 0 Å². The Hall–Kier alpha value is -1.76. The number of hydrogen-bond donors (Lipinski definition) is 1. The molecule has 0 saturated carbocycles. The van der Waals surface area contributed by atoms with Gasteiger partial charge in [0.05, 0.1) is 19.1 Å². The minimum Gasteiger partial charge on any atom is -0.497 e. The molecule has 0 aliphatic heterocycles. The third-order valence-corrected chi connectivity index (χ3v) is 4.56. The first kappa shape index (κ1) is 18.3. The zero-order chi connectivity index (χ0) is 16.9. The van der Waals surface area contributed by atoms with Crippen LogP contribution in [0.1, 0.15) is 20.8 Å². The molecule has 0 aromatic heterocycles. The predicted octanol–water partition coefficient (Wildman–Crippen LogP) is 1.62. The van der Waals surface area contributed by atoms with E-state index in [-0.39, 0.29) is 24.4 Å². The molecule has 0 fully saturated rings. The summed E-state index contributed by atoms with van der Waals surface area (Å²) < 4.78 is 30.1. The lowest BCUT2D eigenvalue weighted by Crippen LogP contribution is -2.44. The van der Waals surface area contributed by atoms with E-state index in [2.05, 4.69) is 5.32 Å². The lowest BCUT2D eigenvalue weighted by Gasteiger charge is -2.24. The Morgan fingerprint density at radius 2 is 1.95 bits per heavy atom. The van der Waals surface area contributed by atoms with Crippen molar-refractivity contribution in [2.24, 2.45) is 5.92 Å². The van der Waals surface area contributed by atoms with Crippen LogP contribution in [-0.4, -0.2) is 40.3 Å². The maximum absolute atomic E-state index is 12.1. The summed E-state index contributed by atoms with van der Waals surface area (Å²) in [5, 5.41) is 2.80. The molecule has 124 valence electrons. The van der Waals surface area contributed by atoms with Crippen molar-refractivity contribution in [2.45, 2.75) is 26.8 Å². The molecule has 0 spiro atoms. The van der Waals surface area contributed by atoms with Gasteiger partial charge in [0.25, 0.3) is 0 Å². The Balaban J connectivity index is 2.98. The van der Waals surface area contributed by atoms with Crippen molar-refractivity contribution in [1.82, 2.24) is 5.32 Å².